The molecule has 1 nitrogen and oxygen atoms in total. The van der Waals surface area contributed by atoms with Crippen molar-refractivity contribution in [2.45, 2.75) is 58.9 Å². The van der Waals surface area contributed by atoms with Gasteiger partial charge in [-0.2, -0.15) is 0 Å². The molecule has 3 heteroatoms. The van der Waals surface area contributed by atoms with Crippen molar-refractivity contribution in [1.29, 1.82) is 0 Å². The van der Waals surface area contributed by atoms with E-state index in [4.69, 9.17) is 0 Å². The zero-order valence-electron chi connectivity index (χ0n) is 13.4. The maximum absolute atomic E-state index is 13.8. The van der Waals surface area contributed by atoms with E-state index in [1.54, 1.807) is 0 Å². The third kappa shape index (κ3) is 4.26. The summed E-state index contributed by atoms with van der Waals surface area (Å²) in [5, 5.41) is 3.45. The number of nitrogens with one attached hydrogen (secondary N) is 1. The fourth-order valence-electron chi connectivity index (χ4n) is 3.77. The summed E-state index contributed by atoms with van der Waals surface area (Å²) in [7, 11) is 0. The van der Waals surface area contributed by atoms with Crippen LogP contribution >= 0.6 is 0 Å². The van der Waals surface area contributed by atoms with Crippen molar-refractivity contribution in [2.24, 2.45) is 11.3 Å². The van der Waals surface area contributed by atoms with Crippen LogP contribution in [0.4, 0.5) is 8.78 Å². The summed E-state index contributed by atoms with van der Waals surface area (Å²) in [5.74, 6) is -0.0374. The predicted octanol–water partition coefficient (Wildman–Crippen LogP) is 5.22. The van der Waals surface area contributed by atoms with Crippen molar-refractivity contribution >= 4 is 0 Å². The summed E-state index contributed by atoms with van der Waals surface area (Å²) in [6.07, 6.45) is 6.28. The van der Waals surface area contributed by atoms with Crippen LogP contribution in [-0.4, -0.2) is 6.54 Å². The van der Waals surface area contributed by atoms with Crippen molar-refractivity contribution in [3.63, 3.8) is 0 Å². The zero-order valence-corrected chi connectivity index (χ0v) is 13.4. The second kappa shape index (κ2) is 6.87. The van der Waals surface area contributed by atoms with Crippen LogP contribution in [-0.2, 0) is 0 Å². The number of halogens is 2. The predicted molar refractivity (Wildman–Crippen MR) is 83.1 cm³/mol. The Balaban J connectivity index is 2.01. The molecule has 1 aromatic carbocycles. The minimum atomic E-state index is -0.377. The van der Waals surface area contributed by atoms with E-state index >= 15 is 0 Å². The molecule has 0 bridgehead atoms. The molecule has 0 spiro atoms. The lowest BCUT2D eigenvalue weighted by Gasteiger charge is -2.33. The smallest absolute Gasteiger partial charge is 0.128 e. The van der Waals surface area contributed by atoms with Gasteiger partial charge in [-0.3, -0.25) is 0 Å². The third-order valence-corrected chi connectivity index (χ3v) is 4.71. The van der Waals surface area contributed by atoms with Crippen LogP contribution in [0.15, 0.2) is 18.2 Å². The second-order valence-electron chi connectivity index (χ2n) is 7.07. The molecule has 0 amide bonds. The second-order valence-corrected chi connectivity index (χ2v) is 7.07. The van der Waals surface area contributed by atoms with Crippen molar-refractivity contribution in [3.05, 3.63) is 35.4 Å². The van der Waals surface area contributed by atoms with Gasteiger partial charge in [-0.05, 0) is 55.7 Å². The molecular weight excluding hydrogens is 268 g/mol. The number of benzene rings is 1. The number of hydrogen-bond donors (Lipinski definition) is 1. The monoisotopic (exact) mass is 295 g/mol. The van der Waals surface area contributed by atoms with E-state index in [2.05, 4.69) is 19.2 Å². The Labute approximate surface area is 127 Å². The molecule has 1 aliphatic carbocycles. The first kappa shape index (κ1) is 16.4. The first-order valence-corrected chi connectivity index (χ1v) is 8.10. The summed E-state index contributed by atoms with van der Waals surface area (Å²) in [6, 6.07) is 3.52. The van der Waals surface area contributed by atoms with Gasteiger partial charge < -0.3 is 5.32 Å². The SMILES string of the molecule is CC(C)CC1(CNC(C)c2cc(F)ccc2F)CCCC1. The first-order valence-electron chi connectivity index (χ1n) is 8.10. The van der Waals surface area contributed by atoms with Gasteiger partial charge in [-0.25, -0.2) is 8.78 Å². The number of hydrogen-bond acceptors (Lipinski definition) is 1. The molecule has 1 aromatic rings. The maximum atomic E-state index is 13.8. The maximum Gasteiger partial charge on any atom is 0.128 e. The van der Waals surface area contributed by atoms with E-state index in [1.165, 1.54) is 50.3 Å². The molecule has 1 atom stereocenters. The average molecular weight is 295 g/mol. The van der Waals surface area contributed by atoms with Gasteiger partial charge in [0, 0.05) is 18.2 Å². The third-order valence-electron chi connectivity index (χ3n) is 4.71. The molecule has 1 saturated carbocycles. The highest BCUT2D eigenvalue weighted by Gasteiger charge is 2.34. The summed E-state index contributed by atoms with van der Waals surface area (Å²) in [4.78, 5) is 0. The molecule has 118 valence electrons. The Morgan fingerprint density at radius 3 is 2.43 bits per heavy atom. The standard InChI is InChI=1S/C18H27F2N/c1-13(2)11-18(8-4-5-9-18)12-21-14(3)16-10-15(19)6-7-17(16)20/h6-7,10,13-14,21H,4-5,8-9,11-12H2,1-3H3. The first-order chi connectivity index (χ1) is 9.92. The summed E-state index contributed by atoms with van der Waals surface area (Å²) < 4.78 is 27.1. The van der Waals surface area contributed by atoms with E-state index in [1.807, 2.05) is 6.92 Å². The van der Waals surface area contributed by atoms with Gasteiger partial charge in [-0.15, -0.1) is 0 Å². The molecule has 1 N–H and O–H groups in total. The van der Waals surface area contributed by atoms with Gasteiger partial charge in [0.15, 0.2) is 0 Å². The highest BCUT2D eigenvalue weighted by molar-refractivity contribution is 5.21. The Morgan fingerprint density at radius 1 is 1.14 bits per heavy atom. The molecular formula is C18H27F2N. The average Bonchev–Trinajstić information content (AvgIpc) is 2.87. The fraction of sp³-hybridized carbons (Fsp3) is 0.667. The molecule has 0 saturated heterocycles. The normalized spacial score (nSPS) is 19.1. The highest BCUT2D eigenvalue weighted by Crippen LogP contribution is 2.43. The highest BCUT2D eigenvalue weighted by atomic mass is 19.1. The minimum absolute atomic E-state index is 0.162. The Kier molecular flexibility index (Phi) is 5.37. The zero-order chi connectivity index (χ0) is 15.5. The van der Waals surface area contributed by atoms with Crippen LogP contribution in [0.3, 0.4) is 0 Å². The largest absolute Gasteiger partial charge is 0.310 e. The van der Waals surface area contributed by atoms with Crippen molar-refractivity contribution in [2.75, 3.05) is 6.54 Å². The summed E-state index contributed by atoms with van der Waals surface area (Å²) >= 11 is 0. The topological polar surface area (TPSA) is 12.0 Å². The molecule has 2 rings (SSSR count). The lowest BCUT2D eigenvalue weighted by molar-refractivity contribution is 0.216. The molecule has 1 aliphatic rings. The number of rotatable bonds is 6. The van der Waals surface area contributed by atoms with Gasteiger partial charge in [-0.1, -0.05) is 26.7 Å². The fourth-order valence-corrected chi connectivity index (χ4v) is 3.77. The van der Waals surface area contributed by atoms with Crippen LogP contribution < -0.4 is 5.32 Å². The van der Waals surface area contributed by atoms with Crippen molar-refractivity contribution < 1.29 is 8.78 Å². The summed E-state index contributed by atoms with van der Waals surface area (Å²) in [5.41, 5.74) is 0.763. The lowest BCUT2D eigenvalue weighted by atomic mass is 9.78. The molecule has 0 aromatic heterocycles. The Hall–Kier alpha value is -0.960. The molecule has 0 heterocycles. The Bertz CT molecular complexity index is 464. The lowest BCUT2D eigenvalue weighted by Crippen LogP contribution is -2.35. The van der Waals surface area contributed by atoms with Crippen molar-refractivity contribution in [3.8, 4) is 0 Å². The van der Waals surface area contributed by atoms with Crippen LogP contribution in [0.1, 0.15) is 64.5 Å². The molecule has 1 fully saturated rings. The van der Waals surface area contributed by atoms with Gasteiger partial charge in [0.2, 0.25) is 0 Å². The van der Waals surface area contributed by atoms with E-state index in [0.717, 1.165) is 6.54 Å². The van der Waals surface area contributed by atoms with Crippen LogP contribution in [0.25, 0.3) is 0 Å². The van der Waals surface area contributed by atoms with Crippen molar-refractivity contribution in [1.82, 2.24) is 5.32 Å². The van der Waals surface area contributed by atoms with Gasteiger partial charge in [0.25, 0.3) is 0 Å². The molecule has 0 radical (unpaired) electrons. The van der Waals surface area contributed by atoms with Crippen LogP contribution in [0, 0.1) is 23.0 Å². The van der Waals surface area contributed by atoms with Gasteiger partial charge >= 0.3 is 0 Å². The van der Waals surface area contributed by atoms with Crippen LogP contribution in [0.2, 0.25) is 0 Å². The van der Waals surface area contributed by atoms with E-state index < -0.39 is 0 Å². The molecule has 1 unspecified atom stereocenters. The van der Waals surface area contributed by atoms with E-state index in [9.17, 15) is 8.78 Å². The molecule has 0 aliphatic heterocycles. The molecule has 21 heavy (non-hydrogen) atoms. The minimum Gasteiger partial charge on any atom is -0.310 e. The Morgan fingerprint density at radius 2 is 1.81 bits per heavy atom. The van der Waals surface area contributed by atoms with Gasteiger partial charge in [0.1, 0.15) is 11.6 Å². The summed E-state index contributed by atoms with van der Waals surface area (Å²) in [6.45, 7) is 7.32. The van der Waals surface area contributed by atoms with Crippen LogP contribution in [0.5, 0.6) is 0 Å². The quantitative estimate of drug-likeness (QED) is 0.758. The van der Waals surface area contributed by atoms with E-state index in [-0.39, 0.29) is 17.7 Å². The van der Waals surface area contributed by atoms with E-state index in [0.29, 0.717) is 16.9 Å². The van der Waals surface area contributed by atoms with Gasteiger partial charge in [0.05, 0.1) is 0 Å².